The Morgan fingerprint density at radius 3 is 2.68 bits per heavy atom. The maximum absolute atomic E-state index is 12.9. The highest BCUT2D eigenvalue weighted by atomic mass is 16.6. The summed E-state index contributed by atoms with van der Waals surface area (Å²) in [5.41, 5.74) is 2.66. The van der Waals surface area contributed by atoms with Gasteiger partial charge in [-0.05, 0) is 18.6 Å². The van der Waals surface area contributed by atoms with Crippen molar-refractivity contribution in [3.05, 3.63) is 65.2 Å². The normalized spacial score (nSPS) is 25.4. The molecule has 0 radical (unpaired) electrons. The second kappa shape index (κ2) is 4.52. The largest absolute Gasteiger partial charge is 0.342 e. The predicted octanol–water partition coefficient (Wildman–Crippen LogP) is 2.33. The monoisotopic (exact) mass is 293 g/mol. The third-order valence-electron chi connectivity index (χ3n) is 4.37. The van der Waals surface area contributed by atoms with Gasteiger partial charge in [0.2, 0.25) is 5.60 Å². The molecule has 1 amide bonds. The Hall–Kier alpha value is -2.46. The van der Waals surface area contributed by atoms with E-state index in [1.165, 1.54) is 0 Å². The van der Waals surface area contributed by atoms with Gasteiger partial charge in [-0.2, -0.15) is 0 Å². The minimum absolute atomic E-state index is 0.144. The molecule has 1 fully saturated rings. The number of benzene rings is 2. The Kier molecular flexibility index (Phi) is 2.71. The van der Waals surface area contributed by atoms with Crippen LogP contribution in [0.15, 0.2) is 48.5 Å². The Morgan fingerprint density at radius 1 is 1.23 bits per heavy atom. The zero-order chi connectivity index (χ0) is 15.3. The standard InChI is InChI=1S/C18H15NO3/c1-12-7-8-15-14(9-12)18(16(11-20)22-18)17(21)19(15)10-13-5-3-2-4-6-13/h2-9,11,16H,10H2,1H3/t16-,18-/m1/s1. The molecule has 1 saturated heterocycles. The van der Waals surface area contributed by atoms with Gasteiger partial charge >= 0.3 is 0 Å². The van der Waals surface area contributed by atoms with Gasteiger partial charge in [-0.15, -0.1) is 0 Å². The minimum atomic E-state index is -1.09. The summed E-state index contributed by atoms with van der Waals surface area (Å²) in [6.07, 6.45) is 0.0528. The molecule has 0 unspecified atom stereocenters. The van der Waals surface area contributed by atoms with Crippen molar-refractivity contribution in [3.8, 4) is 0 Å². The molecule has 2 aromatic rings. The number of amides is 1. The summed E-state index contributed by atoms with van der Waals surface area (Å²) < 4.78 is 5.52. The number of anilines is 1. The second-order valence-corrected chi connectivity index (χ2v) is 5.81. The van der Waals surface area contributed by atoms with Gasteiger partial charge in [-0.25, -0.2) is 0 Å². The molecule has 4 nitrogen and oxygen atoms in total. The molecule has 4 rings (SSSR count). The summed E-state index contributed by atoms with van der Waals surface area (Å²) in [5, 5.41) is 0. The van der Waals surface area contributed by atoms with E-state index in [9.17, 15) is 9.59 Å². The van der Waals surface area contributed by atoms with Crippen LogP contribution in [-0.4, -0.2) is 18.3 Å². The van der Waals surface area contributed by atoms with Crippen LogP contribution in [0.1, 0.15) is 16.7 Å². The van der Waals surface area contributed by atoms with E-state index in [0.717, 1.165) is 28.7 Å². The molecule has 2 aromatic carbocycles. The molecule has 22 heavy (non-hydrogen) atoms. The Labute approximate surface area is 128 Å². The van der Waals surface area contributed by atoms with Crippen LogP contribution in [0.3, 0.4) is 0 Å². The number of aldehydes is 1. The molecule has 1 spiro atoms. The van der Waals surface area contributed by atoms with Crippen molar-refractivity contribution >= 4 is 17.9 Å². The average molecular weight is 293 g/mol. The van der Waals surface area contributed by atoms with Gasteiger partial charge in [-0.1, -0.05) is 48.0 Å². The van der Waals surface area contributed by atoms with Crippen molar-refractivity contribution in [1.82, 2.24) is 0 Å². The first kappa shape index (κ1) is 13.2. The zero-order valence-corrected chi connectivity index (χ0v) is 12.2. The fraction of sp³-hybridized carbons (Fsp3) is 0.222. The highest BCUT2D eigenvalue weighted by Gasteiger charge is 2.69. The summed E-state index contributed by atoms with van der Waals surface area (Å²) in [6.45, 7) is 2.45. The van der Waals surface area contributed by atoms with E-state index < -0.39 is 11.7 Å². The Bertz CT molecular complexity index is 771. The lowest BCUT2D eigenvalue weighted by atomic mass is 9.96. The van der Waals surface area contributed by atoms with Crippen molar-refractivity contribution in [1.29, 1.82) is 0 Å². The Balaban J connectivity index is 1.79. The van der Waals surface area contributed by atoms with Gasteiger partial charge in [-0.3, -0.25) is 4.79 Å². The molecule has 2 heterocycles. The number of fused-ring (bicyclic) bond motifs is 2. The predicted molar refractivity (Wildman–Crippen MR) is 81.4 cm³/mol. The van der Waals surface area contributed by atoms with Crippen molar-refractivity contribution in [2.75, 3.05) is 4.90 Å². The number of carbonyl (C=O) groups excluding carboxylic acids is 2. The average Bonchev–Trinajstić information content (AvgIpc) is 3.24. The molecule has 110 valence electrons. The molecule has 4 heteroatoms. The van der Waals surface area contributed by atoms with Crippen LogP contribution in [0.25, 0.3) is 0 Å². The van der Waals surface area contributed by atoms with Gasteiger partial charge in [0.25, 0.3) is 5.91 Å². The lowest BCUT2D eigenvalue weighted by Crippen LogP contribution is -2.33. The van der Waals surface area contributed by atoms with E-state index in [1.807, 2.05) is 55.5 Å². The number of nitrogens with zero attached hydrogens (tertiary/aromatic N) is 1. The van der Waals surface area contributed by atoms with Crippen LogP contribution < -0.4 is 4.90 Å². The molecule has 2 aliphatic heterocycles. The maximum atomic E-state index is 12.9. The minimum Gasteiger partial charge on any atom is -0.342 e. The van der Waals surface area contributed by atoms with Crippen LogP contribution in [0.2, 0.25) is 0 Å². The number of epoxide rings is 1. The van der Waals surface area contributed by atoms with Gasteiger partial charge in [0, 0.05) is 5.56 Å². The Morgan fingerprint density at radius 2 is 2.00 bits per heavy atom. The first-order chi connectivity index (χ1) is 10.7. The number of rotatable bonds is 3. The molecular formula is C18H15NO3. The van der Waals surface area contributed by atoms with E-state index in [1.54, 1.807) is 4.90 Å². The van der Waals surface area contributed by atoms with Crippen LogP contribution in [0, 0.1) is 6.92 Å². The smallest absolute Gasteiger partial charge is 0.267 e. The number of hydrogen-bond donors (Lipinski definition) is 0. The van der Waals surface area contributed by atoms with Gasteiger partial charge in [0.05, 0.1) is 12.2 Å². The molecule has 0 bridgehead atoms. The fourth-order valence-corrected chi connectivity index (χ4v) is 3.21. The van der Waals surface area contributed by atoms with Crippen LogP contribution in [-0.2, 0) is 26.5 Å². The van der Waals surface area contributed by atoms with Crippen LogP contribution in [0.5, 0.6) is 0 Å². The van der Waals surface area contributed by atoms with E-state index in [4.69, 9.17) is 4.74 Å². The van der Waals surface area contributed by atoms with E-state index in [-0.39, 0.29) is 5.91 Å². The third kappa shape index (κ3) is 1.67. The number of aryl methyl sites for hydroxylation is 1. The van der Waals surface area contributed by atoms with E-state index >= 15 is 0 Å². The second-order valence-electron chi connectivity index (χ2n) is 5.81. The van der Waals surface area contributed by atoms with Crippen molar-refractivity contribution < 1.29 is 14.3 Å². The van der Waals surface area contributed by atoms with Gasteiger partial charge in [0.1, 0.15) is 0 Å². The number of carbonyl (C=O) groups is 2. The van der Waals surface area contributed by atoms with Crippen LogP contribution in [0.4, 0.5) is 5.69 Å². The molecular weight excluding hydrogens is 278 g/mol. The lowest BCUT2D eigenvalue weighted by molar-refractivity contribution is -0.123. The molecule has 0 saturated carbocycles. The van der Waals surface area contributed by atoms with Crippen molar-refractivity contribution in [3.63, 3.8) is 0 Å². The van der Waals surface area contributed by atoms with E-state index in [0.29, 0.717) is 6.54 Å². The third-order valence-corrected chi connectivity index (χ3v) is 4.37. The number of hydrogen-bond acceptors (Lipinski definition) is 3. The molecule has 0 N–H and O–H groups in total. The molecule has 0 aliphatic carbocycles. The van der Waals surface area contributed by atoms with Crippen molar-refractivity contribution in [2.45, 2.75) is 25.2 Å². The zero-order valence-electron chi connectivity index (χ0n) is 12.2. The quantitative estimate of drug-likeness (QED) is 0.644. The summed E-state index contributed by atoms with van der Waals surface area (Å²) in [6, 6.07) is 15.7. The summed E-state index contributed by atoms with van der Waals surface area (Å²) in [5.74, 6) is -0.144. The SMILES string of the molecule is Cc1ccc2c(c1)[C@]1(O[C@@H]1C=O)C(=O)N2Cc1ccccc1. The topological polar surface area (TPSA) is 49.9 Å². The van der Waals surface area contributed by atoms with Gasteiger partial charge < -0.3 is 14.4 Å². The number of ether oxygens (including phenoxy) is 1. The summed E-state index contributed by atoms with van der Waals surface area (Å²) in [7, 11) is 0. The highest BCUT2D eigenvalue weighted by molar-refractivity contribution is 6.11. The van der Waals surface area contributed by atoms with E-state index in [2.05, 4.69) is 0 Å². The lowest BCUT2D eigenvalue weighted by Gasteiger charge is -2.17. The summed E-state index contributed by atoms with van der Waals surface area (Å²) in [4.78, 5) is 25.7. The molecule has 0 aromatic heterocycles. The summed E-state index contributed by atoms with van der Waals surface area (Å²) >= 11 is 0. The highest BCUT2D eigenvalue weighted by Crippen LogP contribution is 2.55. The maximum Gasteiger partial charge on any atom is 0.267 e. The molecule has 2 atom stereocenters. The first-order valence-corrected chi connectivity index (χ1v) is 7.27. The van der Waals surface area contributed by atoms with Crippen molar-refractivity contribution in [2.24, 2.45) is 0 Å². The van der Waals surface area contributed by atoms with Gasteiger partial charge in [0.15, 0.2) is 12.4 Å². The van der Waals surface area contributed by atoms with Crippen LogP contribution >= 0.6 is 0 Å². The first-order valence-electron chi connectivity index (χ1n) is 7.27. The molecule has 2 aliphatic rings. The fourth-order valence-electron chi connectivity index (χ4n) is 3.21.